The van der Waals surface area contributed by atoms with Crippen molar-refractivity contribution in [3.05, 3.63) is 46.5 Å². The highest BCUT2D eigenvalue weighted by Gasteiger charge is 2.18. The van der Waals surface area contributed by atoms with Crippen molar-refractivity contribution in [2.24, 2.45) is 0 Å². The molecule has 0 amide bonds. The summed E-state index contributed by atoms with van der Waals surface area (Å²) < 4.78 is 12.0. The summed E-state index contributed by atoms with van der Waals surface area (Å²) in [6.45, 7) is 1.90. The van der Waals surface area contributed by atoms with Gasteiger partial charge in [-0.2, -0.15) is 14.3 Å². The third kappa shape index (κ3) is 2.52. The van der Waals surface area contributed by atoms with Crippen molar-refractivity contribution >= 4 is 11.6 Å². The molecule has 0 aliphatic carbocycles. The standard InChI is InChI=1S/C14H13N5O4/c1-3-23-13(20)11-8-15-19-12(11)16-17-18(14(19)21)9-4-6-10(22-2)7-5-9/h4-8H,3H2,1-2H3. The SMILES string of the molecule is CCOC(=O)c1cnn2c(=O)n(-c3ccc(OC)cc3)nnc12. The predicted molar refractivity (Wildman–Crippen MR) is 78.9 cm³/mol. The molecule has 2 aromatic heterocycles. The highest BCUT2D eigenvalue weighted by atomic mass is 16.5. The molecule has 0 aliphatic heterocycles. The molecule has 1 aromatic carbocycles. The van der Waals surface area contributed by atoms with Gasteiger partial charge in [0.2, 0.25) is 0 Å². The third-order valence-electron chi connectivity index (χ3n) is 3.15. The molecule has 3 aromatic rings. The number of esters is 1. The molecule has 0 saturated carbocycles. The van der Waals surface area contributed by atoms with E-state index in [-0.39, 0.29) is 17.8 Å². The summed E-state index contributed by atoms with van der Waals surface area (Å²) in [6.07, 6.45) is 1.24. The van der Waals surface area contributed by atoms with Crippen LogP contribution in [0.25, 0.3) is 11.3 Å². The number of methoxy groups -OCH3 is 1. The maximum absolute atomic E-state index is 12.5. The number of rotatable bonds is 4. The van der Waals surface area contributed by atoms with E-state index in [0.29, 0.717) is 11.4 Å². The van der Waals surface area contributed by atoms with Gasteiger partial charge >= 0.3 is 11.7 Å². The molecule has 0 saturated heterocycles. The summed E-state index contributed by atoms with van der Waals surface area (Å²) in [5.41, 5.74) is 0.102. The van der Waals surface area contributed by atoms with Crippen LogP contribution in [0.4, 0.5) is 0 Å². The second-order valence-electron chi connectivity index (χ2n) is 4.50. The quantitative estimate of drug-likeness (QED) is 0.645. The molecule has 3 rings (SSSR count). The number of ether oxygens (including phenoxy) is 2. The summed E-state index contributed by atoms with van der Waals surface area (Å²) in [5, 5.41) is 11.7. The minimum absolute atomic E-state index is 0.0539. The molecular formula is C14H13N5O4. The third-order valence-corrected chi connectivity index (χ3v) is 3.15. The molecule has 0 spiro atoms. The Kier molecular flexibility index (Phi) is 3.75. The molecule has 0 fully saturated rings. The van der Waals surface area contributed by atoms with Gasteiger partial charge in [-0.3, -0.25) is 0 Å². The van der Waals surface area contributed by atoms with E-state index >= 15 is 0 Å². The first-order valence-corrected chi connectivity index (χ1v) is 6.81. The van der Waals surface area contributed by atoms with Gasteiger partial charge in [0, 0.05) is 0 Å². The minimum atomic E-state index is -0.599. The van der Waals surface area contributed by atoms with Gasteiger partial charge in [-0.1, -0.05) is 5.21 Å². The lowest BCUT2D eigenvalue weighted by Gasteiger charge is -2.05. The molecule has 9 heteroatoms. The first-order chi connectivity index (χ1) is 11.2. The summed E-state index contributed by atoms with van der Waals surface area (Å²) in [6, 6.07) is 6.72. The number of nitrogens with zero attached hydrogens (tertiary/aromatic N) is 5. The van der Waals surface area contributed by atoms with Crippen molar-refractivity contribution < 1.29 is 14.3 Å². The van der Waals surface area contributed by atoms with Crippen molar-refractivity contribution in [3.63, 3.8) is 0 Å². The lowest BCUT2D eigenvalue weighted by atomic mass is 10.3. The molecule has 0 N–H and O–H groups in total. The summed E-state index contributed by atoms with van der Waals surface area (Å²) in [7, 11) is 1.55. The van der Waals surface area contributed by atoms with Crippen LogP contribution in [0.1, 0.15) is 17.3 Å². The summed E-state index contributed by atoms with van der Waals surface area (Å²) in [4.78, 5) is 24.2. The first kappa shape index (κ1) is 14.7. The molecule has 0 bridgehead atoms. The van der Waals surface area contributed by atoms with E-state index < -0.39 is 11.7 Å². The van der Waals surface area contributed by atoms with Crippen molar-refractivity contribution in [1.82, 2.24) is 24.6 Å². The monoisotopic (exact) mass is 315 g/mol. The molecule has 0 atom stereocenters. The van der Waals surface area contributed by atoms with E-state index in [9.17, 15) is 9.59 Å². The summed E-state index contributed by atoms with van der Waals surface area (Å²) in [5.74, 6) is 0.0536. The van der Waals surface area contributed by atoms with Gasteiger partial charge in [0.05, 0.1) is 25.6 Å². The Morgan fingerprint density at radius 2 is 2.00 bits per heavy atom. The second-order valence-corrected chi connectivity index (χ2v) is 4.50. The van der Waals surface area contributed by atoms with Crippen molar-refractivity contribution in [2.75, 3.05) is 13.7 Å². The van der Waals surface area contributed by atoms with Crippen LogP contribution in [0.15, 0.2) is 35.3 Å². The fraction of sp³-hybridized carbons (Fsp3) is 0.214. The second kappa shape index (κ2) is 5.87. The van der Waals surface area contributed by atoms with Crippen LogP contribution in [0.2, 0.25) is 0 Å². The molecule has 0 unspecified atom stereocenters. The predicted octanol–water partition coefficient (Wildman–Crippen LogP) is 0.460. The van der Waals surface area contributed by atoms with E-state index in [2.05, 4.69) is 15.4 Å². The Morgan fingerprint density at radius 3 is 2.65 bits per heavy atom. The number of benzene rings is 1. The number of hydrogen-bond donors (Lipinski definition) is 0. The lowest BCUT2D eigenvalue weighted by molar-refractivity contribution is 0.0528. The molecule has 0 aliphatic rings. The van der Waals surface area contributed by atoms with Crippen LogP contribution < -0.4 is 10.4 Å². The van der Waals surface area contributed by atoms with E-state index in [1.54, 1.807) is 38.3 Å². The van der Waals surface area contributed by atoms with Crippen LogP contribution in [0.3, 0.4) is 0 Å². The fourth-order valence-electron chi connectivity index (χ4n) is 2.03. The molecular weight excluding hydrogens is 302 g/mol. The number of fused-ring (bicyclic) bond motifs is 1. The molecule has 2 heterocycles. The van der Waals surface area contributed by atoms with E-state index in [1.165, 1.54) is 6.20 Å². The number of carbonyl (C=O) groups is 1. The number of hydrogen-bond acceptors (Lipinski definition) is 7. The van der Waals surface area contributed by atoms with Gasteiger partial charge in [-0.25, -0.2) is 9.59 Å². The largest absolute Gasteiger partial charge is 0.497 e. The first-order valence-electron chi connectivity index (χ1n) is 6.81. The molecule has 118 valence electrons. The van der Waals surface area contributed by atoms with Gasteiger partial charge in [0.15, 0.2) is 5.65 Å². The zero-order valence-electron chi connectivity index (χ0n) is 12.5. The Morgan fingerprint density at radius 1 is 1.26 bits per heavy atom. The Labute approximate surface area is 130 Å². The normalized spacial score (nSPS) is 10.7. The Bertz CT molecular complexity index is 913. The van der Waals surface area contributed by atoms with Gasteiger partial charge in [-0.15, -0.1) is 5.10 Å². The van der Waals surface area contributed by atoms with Crippen LogP contribution in [0.5, 0.6) is 5.75 Å². The van der Waals surface area contributed by atoms with Gasteiger partial charge < -0.3 is 9.47 Å². The maximum atomic E-state index is 12.5. The van der Waals surface area contributed by atoms with Crippen molar-refractivity contribution in [3.8, 4) is 11.4 Å². The zero-order chi connectivity index (χ0) is 16.4. The molecule has 23 heavy (non-hydrogen) atoms. The van der Waals surface area contributed by atoms with Crippen LogP contribution in [-0.2, 0) is 4.74 Å². The van der Waals surface area contributed by atoms with E-state index in [1.807, 2.05) is 0 Å². The number of aromatic nitrogens is 5. The minimum Gasteiger partial charge on any atom is -0.497 e. The smallest absolute Gasteiger partial charge is 0.373 e. The highest BCUT2D eigenvalue weighted by Crippen LogP contribution is 2.13. The highest BCUT2D eigenvalue weighted by molar-refractivity contribution is 5.95. The average Bonchev–Trinajstić information content (AvgIpc) is 3.01. The van der Waals surface area contributed by atoms with Gasteiger partial charge in [0.1, 0.15) is 11.3 Å². The molecule has 0 radical (unpaired) electrons. The average molecular weight is 315 g/mol. The lowest BCUT2D eigenvalue weighted by Crippen LogP contribution is -2.29. The van der Waals surface area contributed by atoms with Crippen molar-refractivity contribution in [1.29, 1.82) is 0 Å². The van der Waals surface area contributed by atoms with Crippen LogP contribution in [-0.4, -0.2) is 44.3 Å². The zero-order valence-corrected chi connectivity index (χ0v) is 12.5. The van der Waals surface area contributed by atoms with Crippen LogP contribution >= 0.6 is 0 Å². The Hall–Kier alpha value is -3.23. The van der Waals surface area contributed by atoms with Crippen molar-refractivity contribution in [2.45, 2.75) is 6.92 Å². The molecule has 9 nitrogen and oxygen atoms in total. The van der Waals surface area contributed by atoms with Crippen LogP contribution in [0, 0.1) is 0 Å². The topological polar surface area (TPSA) is 101 Å². The van der Waals surface area contributed by atoms with Gasteiger partial charge in [-0.05, 0) is 31.2 Å². The van der Waals surface area contributed by atoms with E-state index in [0.717, 1.165) is 9.20 Å². The fourth-order valence-corrected chi connectivity index (χ4v) is 2.03. The summed E-state index contributed by atoms with van der Waals surface area (Å²) >= 11 is 0. The Balaban J connectivity index is 2.09. The maximum Gasteiger partial charge on any atom is 0.373 e. The van der Waals surface area contributed by atoms with Gasteiger partial charge in [0.25, 0.3) is 0 Å². The number of carbonyl (C=O) groups excluding carboxylic acids is 1. The van der Waals surface area contributed by atoms with E-state index in [4.69, 9.17) is 9.47 Å².